The van der Waals surface area contributed by atoms with E-state index in [4.69, 9.17) is 5.11 Å². The summed E-state index contributed by atoms with van der Waals surface area (Å²) in [7, 11) is 0. The van der Waals surface area contributed by atoms with Crippen molar-refractivity contribution in [3.63, 3.8) is 0 Å². The molecule has 0 fully saturated rings. The van der Waals surface area contributed by atoms with Crippen molar-refractivity contribution in [3.05, 3.63) is 59.4 Å². The lowest BCUT2D eigenvalue weighted by Crippen LogP contribution is -2.01. The highest BCUT2D eigenvalue weighted by Crippen LogP contribution is 2.26. The molecule has 0 unspecified atom stereocenters. The molecule has 2 nitrogen and oxygen atoms in total. The number of carboxylic acids is 1. The van der Waals surface area contributed by atoms with Crippen LogP contribution in [0.5, 0.6) is 0 Å². The van der Waals surface area contributed by atoms with Crippen molar-refractivity contribution in [2.45, 2.75) is 0 Å². The number of halogens is 3. The highest BCUT2D eigenvalue weighted by atomic mass is 19.1. The molecule has 0 saturated carbocycles. The zero-order valence-electron chi connectivity index (χ0n) is 8.95. The third kappa shape index (κ3) is 2.34. The molecule has 0 bridgehead atoms. The molecule has 0 aliphatic rings. The largest absolute Gasteiger partial charge is 0.478 e. The standard InChI is InChI=1S/C13H7F3O2/c14-8-1-2-11(12(6-8)13(17)18)7-3-9(15)5-10(16)4-7/h1-6H,(H,17,18). The normalized spacial score (nSPS) is 10.4. The molecule has 0 aromatic heterocycles. The fourth-order valence-corrected chi connectivity index (χ4v) is 1.65. The Morgan fingerprint density at radius 3 is 2.06 bits per heavy atom. The Kier molecular flexibility index (Phi) is 3.06. The molecule has 1 N–H and O–H groups in total. The molecule has 2 aromatic carbocycles. The Balaban J connectivity index is 2.66. The van der Waals surface area contributed by atoms with Gasteiger partial charge in [-0.05, 0) is 35.4 Å². The Labute approximate surface area is 100 Å². The molecule has 0 aliphatic heterocycles. The first kappa shape index (κ1) is 12.2. The molecule has 0 amide bonds. The van der Waals surface area contributed by atoms with E-state index >= 15 is 0 Å². The lowest BCUT2D eigenvalue weighted by Gasteiger charge is -2.07. The van der Waals surface area contributed by atoms with Gasteiger partial charge in [-0.15, -0.1) is 0 Å². The first-order chi connectivity index (χ1) is 8.47. The fourth-order valence-electron chi connectivity index (χ4n) is 1.65. The SMILES string of the molecule is O=C(O)c1cc(F)ccc1-c1cc(F)cc(F)c1. The predicted molar refractivity (Wildman–Crippen MR) is 58.7 cm³/mol. The third-order valence-corrected chi connectivity index (χ3v) is 2.39. The topological polar surface area (TPSA) is 37.3 Å². The summed E-state index contributed by atoms with van der Waals surface area (Å²) >= 11 is 0. The van der Waals surface area contributed by atoms with E-state index in [0.29, 0.717) is 6.07 Å². The van der Waals surface area contributed by atoms with Gasteiger partial charge in [0.25, 0.3) is 0 Å². The van der Waals surface area contributed by atoms with Gasteiger partial charge in [-0.2, -0.15) is 0 Å². The molecule has 2 aromatic rings. The second kappa shape index (κ2) is 4.52. The van der Waals surface area contributed by atoms with Gasteiger partial charge in [0.2, 0.25) is 0 Å². The van der Waals surface area contributed by atoms with Crippen LogP contribution in [0.15, 0.2) is 36.4 Å². The van der Waals surface area contributed by atoms with Crippen LogP contribution in [0.3, 0.4) is 0 Å². The van der Waals surface area contributed by atoms with Crippen LogP contribution in [-0.2, 0) is 0 Å². The lowest BCUT2D eigenvalue weighted by atomic mass is 9.99. The van der Waals surface area contributed by atoms with Gasteiger partial charge in [0.05, 0.1) is 5.56 Å². The fraction of sp³-hybridized carbons (Fsp3) is 0. The Hall–Kier alpha value is -2.30. The maximum Gasteiger partial charge on any atom is 0.336 e. The molecular weight excluding hydrogens is 245 g/mol. The van der Waals surface area contributed by atoms with Gasteiger partial charge in [0.1, 0.15) is 17.5 Å². The number of rotatable bonds is 2. The van der Waals surface area contributed by atoms with Crippen LogP contribution >= 0.6 is 0 Å². The zero-order chi connectivity index (χ0) is 13.3. The van der Waals surface area contributed by atoms with Crippen LogP contribution in [0, 0.1) is 17.5 Å². The second-order valence-electron chi connectivity index (χ2n) is 3.65. The van der Waals surface area contributed by atoms with Crippen molar-refractivity contribution in [2.75, 3.05) is 0 Å². The molecule has 5 heteroatoms. The first-order valence-corrected chi connectivity index (χ1v) is 4.96. The molecule has 18 heavy (non-hydrogen) atoms. The number of benzene rings is 2. The van der Waals surface area contributed by atoms with Crippen molar-refractivity contribution >= 4 is 5.97 Å². The molecular formula is C13H7F3O2. The average Bonchev–Trinajstić information content (AvgIpc) is 2.27. The lowest BCUT2D eigenvalue weighted by molar-refractivity contribution is 0.0697. The Bertz CT molecular complexity index is 603. The highest BCUT2D eigenvalue weighted by Gasteiger charge is 2.14. The maximum atomic E-state index is 13.1. The van der Waals surface area contributed by atoms with Gasteiger partial charge < -0.3 is 5.11 Å². The van der Waals surface area contributed by atoms with Gasteiger partial charge in [-0.1, -0.05) is 6.07 Å². The minimum absolute atomic E-state index is 0.0462. The minimum Gasteiger partial charge on any atom is -0.478 e. The summed E-state index contributed by atoms with van der Waals surface area (Å²) in [6.07, 6.45) is 0. The predicted octanol–water partition coefficient (Wildman–Crippen LogP) is 3.47. The molecule has 0 aliphatic carbocycles. The highest BCUT2D eigenvalue weighted by molar-refractivity contribution is 5.96. The minimum atomic E-state index is -1.37. The quantitative estimate of drug-likeness (QED) is 0.888. The van der Waals surface area contributed by atoms with Crippen molar-refractivity contribution in [2.24, 2.45) is 0 Å². The summed E-state index contributed by atoms with van der Waals surface area (Å²) in [5.41, 5.74) is -0.243. The van der Waals surface area contributed by atoms with Crippen LogP contribution in [0.4, 0.5) is 13.2 Å². The van der Waals surface area contributed by atoms with E-state index in [0.717, 1.165) is 24.3 Å². The van der Waals surface area contributed by atoms with Crippen LogP contribution in [0.25, 0.3) is 11.1 Å². The maximum absolute atomic E-state index is 13.1. The molecule has 92 valence electrons. The summed E-state index contributed by atoms with van der Waals surface area (Å²) in [5, 5.41) is 8.94. The smallest absolute Gasteiger partial charge is 0.336 e. The Morgan fingerprint density at radius 2 is 1.50 bits per heavy atom. The van der Waals surface area contributed by atoms with E-state index in [1.165, 1.54) is 6.07 Å². The second-order valence-corrected chi connectivity index (χ2v) is 3.65. The van der Waals surface area contributed by atoms with Crippen LogP contribution < -0.4 is 0 Å². The van der Waals surface area contributed by atoms with E-state index in [1.807, 2.05) is 0 Å². The van der Waals surface area contributed by atoms with Crippen molar-refractivity contribution in [1.82, 2.24) is 0 Å². The van der Waals surface area contributed by atoms with Crippen LogP contribution in [0.2, 0.25) is 0 Å². The monoisotopic (exact) mass is 252 g/mol. The van der Waals surface area contributed by atoms with Crippen molar-refractivity contribution < 1.29 is 23.1 Å². The molecule has 0 spiro atoms. The van der Waals surface area contributed by atoms with Gasteiger partial charge in [-0.3, -0.25) is 0 Å². The van der Waals surface area contributed by atoms with E-state index in [2.05, 4.69) is 0 Å². The summed E-state index contributed by atoms with van der Waals surface area (Å²) < 4.78 is 39.1. The number of aromatic carboxylic acids is 1. The third-order valence-electron chi connectivity index (χ3n) is 2.39. The molecule has 0 saturated heterocycles. The van der Waals surface area contributed by atoms with E-state index in [1.54, 1.807) is 0 Å². The van der Waals surface area contributed by atoms with Gasteiger partial charge in [-0.25, -0.2) is 18.0 Å². The van der Waals surface area contributed by atoms with E-state index < -0.39 is 23.4 Å². The summed E-state index contributed by atoms with van der Waals surface area (Å²) in [6, 6.07) is 5.66. The summed E-state index contributed by atoms with van der Waals surface area (Å²) in [4.78, 5) is 11.0. The number of carboxylic acid groups (broad SMARTS) is 1. The van der Waals surface area contributed by atoms with E-state index in [9.17, 15) is 18.0 Å². The molecule has 0 radical (unpaired) electrons. The van der Waals surface area contributed by atoms with Crippen molar-refractivity contribution in [3.8, 4) is 11.1 Å². The van der Waals surface area contributed by atoms with Gasteiger partial charge in [0, 0.05) is 6.07 Å². The molecule has 2 rings (SSSR count). The van der Waals surface area contributed by atoms with Gasteiger partial charge in [0.15, 0.2) is 0 Å². The van der Waals surface area contributed by atoms with Crippen molar-refractivity contribution in [1.29, 1.82) is 0 Å². The number of hydrogen-bond acceptors (Lipinski definition) is 1. The molecule has 0 atom stereocenters. The van der Waals surface area contributed by atoms with E-state index in [-0.39, 0.29) is 16.7 Å². The summed E-state index contributed by atoms with van der Waals surface area (Å²) in [6.45, 7) is 0. The Morgan fingerprint density at radius 1 is 0.889 bits per heavy atom. The van der Waals surface area contributed by atoms with Gasteiger partial charge >= 0.3 is 5.97 Å². The number of hydrogen-bond donors (Lipinski definition) is 1. The summed E-state index contributed by atoms with van der Waals surface area (Å²) in [5.74, 6) is -3.75. The zero-order valence-corrected chi connectivity index (χ0v) is 8.95. The van der Waals surface area contributed by atoms with Crippen LogP contribution in [-0.4, -0.2) is 11.1 Å². The number of carbonyl (C=O) groups is 1. The average molecular weight is 252 g/mol. The first-order valence-electron chi connectivity index (χ1n) is 4.96. The van der Waals surface area contributed by atoms with Crippen LogP contribution in [0.1, 0.15) is 10.4 Å². The molecule has 0 heterocycles.